The molecule has 0 amide bonds. The third-order valence-corrected chi connectivity index (χ3v) is 4.59. The number of sulfonamides is 1. The van der Waals surface area contributed by atoms with Crippen molar-refractivity contribution in [3.8, 4) is 0 Å². The summed E-state index contributed by atoms with van der Waals surface area (Å²) in [5.74, 6) is 0.503. The highest BCUT2D eigenvalue weighted by molar-refractivity contribution is 7.99. The molecule has 0 aliphatic carbocycles. The smallest absolute Gasteiger partial charge is 0.270 e. The van der Waals surface area contributed by atoms with Crippen LogP contribution in [0.3, 0.4) is 0 Å². The Hall–Kier alpha value is -1.58. The Labute approximate surface area is 133 Å². The van der Waals surface area contributed by atoms with Crippen LogP contribution in [0.4, 0.5) is 0 Å². The van der Waals surface area contributed by atoms with Gasteiger partial charge in [0.05, 0.1) is 6.26 Å². The fourth-order valence-electron chi connectivity index (χ4n) is 1.87. The van der Waals surface area contributed by atoms with Crippen LogP contribution in [0.25, 0.3) is 0 Å². The van der Waals surface area contributed by atoms with Crippen molar-refractivity contribution in [2.24, 2.45) is 0 Å². The van der Waals surface area contributed by atoms with E-state index in [0.29, 0.717) is 24.0 Å². The minimum Gasteiger partial charge on any atom is -0.270 e. The molecule has 7 nitrogen and oxygen atoms in total. The van der Waals surface area contributed by atoms with Gasteiger partial charge < -0.3 is 0 Å². The number of aromatic amines is 1. The zero-order valence-electron chi connectivity index (χ0n) is 12.2. The van der Waals surface area contributed by atoms with Crippen molar-refractivity contribution in [2.75, 3.05) is 18.6 Å². The van der Waals surface area contributed by atoms with Gasteiger partial charge in [-0.3, -0.25) is 4.57 Å². The molecule has 1 aromatic carbocycles. The summed E-state index contributed by atoms with van der Waals surface area (Å²) in [7, 11) is -3.19. The Balaban J connectivity index is 1.92. The molecule has 2 aromatic rings. The molecule has 1 heterocycles. The number of aryl methyl sites for hydroxylation is 1. The Bertz CT molecular complexity index is 753. The zero-order valence-corrected chi connectivity index (χ0v) is 13.8. The van der Waals surface area contributed by atoms with E-state index in [2.05, 4.69) is 14.9 Å². The molecule has 0 bridgehead atoms. The van der Waals surface area contributed by atoms with Gasteiger partial charge >= 0.3 is 5.69 Å². The summed E-state index contributed by atoms with van der Waals surface area (Å²) < 4.78 is 25.9. The summed E-state index contributed by atoms with van der Waals surface area (Å²) in [6.45, 7) is 0.824. The van der Waals surface area contributed by atoms with Crippen LogP contribution in [-0.2, 0) is 23.0 Å². The third-order valence-electron chi connectivity index (χ3n) is 2.89. The number of thioether (sulfide) groups is 1. The second-order valence-electron chi connectivity index (χ2n) is 4.71. The molecule has 0 aliphatic heterocycles. The first kappa shape index (κ1) is 16.8. The van der Waals surface area contributed by atoms with E-state index in [1.165, 1.54) is 11.8 Å². The molecule has 2 rings (SSSR count). The lowest BCUT2D eigenvalue weighted by molar-refractivity contribution is 0.590. The number of hydrogen-bond donors (Lipinski definition) is 2. The minimum atomic E-state index is -3.19. The molecule has 0 aliphatic rings. The van der Waals surface area contributed by atoms with Gasteiger partial charge in [-0.25, -0.2) is 23.0 Å². The summed E-state index contributed by atoms with van der Waals surface area (Å²) in [5, 5.41) is 6.97. The molecule has 0 unspecified atom stereocenters. The maximum Gasteiger partial charge on any atom is 0.343 e. The molecule has 9 heteroatoms. The number of H-pyrrole nitrogens is 1. The average Bonchev–Trinajstić information content (AvgIpc) is 2.82. The monoisotopic (exact) mass is 342 g/mol. The normalized spacial score (nSPS) is 11.7. The molecule has 0 spiro atoms. The van der Waals surface area contributed by atoms with Crippen molar-refractivity contribution in [3.63, 3.8) is 0 Å². The fourth-order valence-corrected chi connectivity index (χ4v) is 3.29. The van der Waals surface area contributed by atoms with Gasteiger partial charge in [0.25, 0.3) is 0 Å². The molecular formula is C13H18N4O3S2. The van der Waals surface area contributed by atoms with E-state index in [1.807, 2.05) is 30.3 Å². The van der Waals surface area contributed by atoms with E-state index < -0.39 is 10.0 Å². The first-order chi connectivity index (χ1) is 10.5. The molecule has 0 radical (unpaired) electrons. The van der Waals surface area contributed by atoms with Crippen LogP contribution in [0.5, 0.6) is 0 Å². The molecular weight excluding hydrogens is 324 g/mol. The van der Waals surface area contributed by atoms with E-state index in [9.17, 15) is 13.2 Å². The van der Waals surface area contributed by atoms with Crippen LogP contribution < -0.4 is 10.4 Å². The van der Waals surface area contributed by atoms with Crippen LogP contribution >= 0.6 is 11.8 Å². The second kappa shape index (κ2) is 7.61. The number of nitrogens with zero attached hydrogens (tertiary/aromatic N) is 2. The van der Waals surface area contributed by atoms with Gasteiger partial charge in [-0.1, -0.05) is 42.1 Å². The summed E-state index contributed by atoms with van der Waals surface area (Å²) in [4.78, 5) is 11.8. The topological polar surface area (TPSA) is 96.8 Å². The summed E-state index contributed by atoms with van der Waals surface area (Å²) >= 11 is 1.34. The van der Waals surface area contributed by atoms with Crippen LogP contribution in [0.1, 0.15) is 5.56 Å². The van der Waals surface area contributed by atoms with Gasteiger partial charge in [0.2, 0.25) is 10.0 Å². The summed E-state index contributed by atoms with van der Waals surface area (Å²) in [6, 6.07) is 9.88. The standard InChI is InChI=1S/C13H18N4O3S2/c1-22(19,20)14-8-10-21-13-16-15-12(18)17(13)9-7-11-5-3-2-4-6-11/h2-6,14H,7-10H2,1H3,(H,15,18). The van der Waals surface area contributed by atoms with E-state index >= 15 is 0 Å². The number of nitrogens with one attached hydrogen (secondary N) is 2. The minimum absolute atomic E-state index is 0.255. The van der Waals surface area contributed by atoms with Gasteiger partial charge in [-0.2, -0.15) is 0 Å². The molecule has 0 fully saturated rings. The van der Waals surface area contributed by atoms with Gasteiger partial charge in [-0.15, -0.1) is 5.10 Å². The van der Waals surface area contributed by atoms with Crippen molar-refractivity contribution >= 4 is 21.8 Å². The first-order valence-electron chi connectivity index (χ1n) is 6.72. The highest BCUT2D eigenvalue weighted by Crippen LogP contribution is 2.13. The van der Waals surface area contributed by atoms with Crippen LogP contribution in [0, 0.1) is 0 Å². The molecule has 120 valence electrons. The third kappa shape index (κ3) is 5.32. The van der Waals surface area contributed by atoms with E-state index in [4.69, 9.17) is 0 Å². The molecule has 0 saturated heterocycles. The first-order valence-corrected chi connectivity index (χ1v) is 9.60. The Morgan fingerprint density at radius 3 is 2.73 bits per heavy atom. The lowest BCUT2D eigenvalue weighted by Gasteiger charge is -2.06. The SMILES string of the molecule is CS(=O)(=O)NCCSc1n[nH]c(=O)n1CCc1ccccc1. The molecule has 0 atom stereocenters. The number of hydrogen-bond acceptors (Lipinski definition) is 5. The predicted octanol–water partition coefficient (Wildman–Crippen LogP) is 0.455. The van der Waals surface area contributed by atoms with Crippen molar-refractivity contribution in [3.05, 3.63) is 46.4 Å². The molecule has 1 aromatic heterocycles. The van der Waals surface area contributed by atoms with Crippen molar-refractivity contribution < 1.29 is 8.42 Å². The summed E-state index contributed by atoms with van der Waals surface area (Å²) in [5.41, 5.74) is 0.889. The van der Waals surface area contributed by atoms with E-state index in [1.54, 1.807) is 4.57 Å². The highest BCUT2D eigenvalue weighted by atomic mass is 32.2. The average molecular weight is 342 g/mol. The summed E-state index contributed by atoms with van der Waals surface area (Å²) in [6.07, 6.45) is 1.84. The number of rotatable bonds is 8. The Morgan fingerprint density at radius 2 is 2.05 bits per heavy atom. The maximum absolute atomic E-state index is 11.8. The van der Waals surface area contributed by atoms with Gasteiger partial charge in [0.15, 0.2) is 5.16 Å². The molecule has 2 N–H and O–H groups in total. The van der Waals surface area contributed by atoms with Crippen LogP contribution in [0.15, 0.2) is 40.3 Å². The zero-order chi connectivity index (χ0) is 16.0. The highest BCUT2D eigenvalue weighted by Gasteiger charge is 2.09. The maximum atomic E-state index is 11.8. The predicted molar refractivity (Wildman–Crippen MR) is 86.6 cm³/mol. The number of aromatic nitrogens is 3. The van der Waals surface area contributed by atoms with Crippen molar-refractivity contribution in [1.29, 1.82) is 0 Å². The van der Waals surface area contributed by atoms with Crippen LogP contribution in [0.2, 0.25) is 0 Å². The van der Waals surface area contributed by atoms with Crippen LogP contribution in [-0.4, -0.2) is 41.7 Å². The van der Waals surface area contributed by atoms with Crippen molar-refractivity contribution in [2.45, 2.75) is 18.1 Å². The lowest BCUT2D eigenvalue weighted by Crippen LogP contribution is -2.24. The Kier molecular flexibility index (Phi) is 5.81. The number of benzene rings is 1. The lowest BCUT2D eigenvalue weighted by atomic mass is 10.1. The van der Waals surface area contributed by atoms with Crippen molar-refractivity contribution in [1.82, 2.24) is 19.5 Å². The molecule has 0 saturated carbocycles. The second-order valence-corrected chi connectivity index (χ2v) is 7.61. The van der Waals surface area contributed by atoms with Gasteiger partial charge in [-0.05, 0) is 12.0 Å². The molecule has 22 heavy (non-hydrogen) atoms. The fraction of sp³-hybridized carbons (Fsp3) is 0.385. The quantitative estimate of drug-likeness (QED) is 0.536. The van der Waals surface area contributed by atoms with E-state index in [-0.39, 0.29) is 5.69 Å². The Morgan fingerprint density at radius 1 is 1.32 bits per heavy atom. The van der Waals surface area contributed by atoms with E-state index in [0.717, 1.165) is 18.2 Å². The van der Waals surface area contributed by atoms with Gasteiger partial charge in [0.1, 0.15) is 0 Å². The van der Waals surface area contributed by atoms with Gasteiger partial charge in [0, 0.05) is 18.8 Å². The largest absolute Gasteiger partial charge is 0.343 e.